The van der Waals surface area contributed by atoms with Gasteiger partial charge in [-0.2, -0.15) is 13.2 Å². The second-order valence-corrected chi connectivity index (χ2v) is 8.07. The molecule has 0 N–H and O–H groups in total. The van der Waals surface area contributed by atoms with Gasteiger partial charge in [0.05, 0.1) is 17.8 Å². The number of ketones is 1. The van der Waals surface area contributed by atoms with Crippen molar-refractivity contribution in [3.8, 4) is 22.4 Å². The van der Waals surface area contributed by atoms with Crippen molar-refractivity contribution in [1.82, 2.24) is 4.57 Å². The van der Waals surface area contributed by atoms with Crippen LogP contribution in [-0.2, 0) is 23.9 Å². The molecule has 0 bridgehead atoms. The van der Waals surface area contributed by atoms with Gasteiger partial charge in [-0.1, -0.05) is 54.6 Å². The topological polar surface area (TPSA) is 39.1 Å². The van der Waals surface area contributed by atoms with Crippen molar-refractivity contribution >= 4 is 16.6 Å². The van der Waals surface area contributed by atoms with Crippen molar-refractivity contribution in [2.75, 3.05) is 0 Å². The number of carbonyl (C=O) groups excluding carboxylic acids is 1. The first kappa shape index (κ1) is 20.2. The van der Waals surface area contributed by atoms with Gasteiger partial charge < -0.3 is 4.57 Å². The molecule has 0 unspecified atom stereocenters. The van der Waals surface area contributed by atoms with Crippen LogP contribution in [0.3, 0.4) is 0 Å². The van der Waals surface area contributed by atoms with Gasteiger partial charge in [0.15, 0.2) is 0 Å². The predicted octanol–water partition coefficient (Wildman–Crippen LogP) is 5.85. The fourth-order valence-corrected chi connectivity index (χ4v) is 4.61. The minimum atomic E-state index is -4.63. The highest BCUT2D eigenvalue weighted by atomic mass is 19.4. The molecule has 0 saturated carbocycles. The number of benzene rings is 3. The average molecular weight is 433 g/mol. The van der Waals surface area contributed by atoms with E-state index in [9.17, 15) is 22.8 Å². The Kier molecular flexibility index (Phi) is 4.55. The van der Waals surface area contributed by atoms with Crippen molar-refractivity contribution in [2.24, 2.45) is 0 Å². The summed E-state index contributed by atoms with van der Waals surface area (Å²) in [6.07, 6.45) is -4.82. The molecule has 0 saturated heterocycles. The predicted molar refractivity (Wildman–Crippen MR) is 118 cm³/mol. The van der Waals surface area contributed by atoms with E-state index in [1.165, 1.54) is 6.92 Å². The number of rotatable bonds is 3. The van der Waals surface area contributed by atoms with Crippen LogP contribution in [0.5, 0.6) is 0 Å². The van der Waals surface area contributed by atoms with Gasteiger partial charge in [0.2, 0.25) is 0 Å². The summed E-state index contributed by atoms with van der Waals surface area (Å²) in [5.74, 6) is -0.273. The third-order valence-corrected chi connectivity index (χ3v) is 5.88. The van der Waals surface area contributed by atoms with Gasteiger partial charge in [0.25, 0.3) is 5.56 Å². The fraction of sp³-hybridized carbons (Fsp3) is 0.154. The van der Waals surface area contributed by atoms with Gasteiger partial charge in [-0.3, -0.25) is 9.59 Å². The average Bonchev–Trinajstić information content (AvgIpc) is 3.14. The highest BCUT2D eigenvalue weighted by molar-refractivity contribution is 6.06. The Morgan fingerprint density at radius 3 is 2.38 bits per heavy atom. The number of hydrogen-bond donors (Lipinski definition) is 0. The lowest BCUT2D eigenvalue weighted by atomic mass is 9.89. The lowest BCUT2D eigenvalue weighted by molar-refractivity contribution is -0.137. The zero-order chi connectivity index (χ0) is 22.6. The van der Waals surface area contributed by atoms with Crippen LogP contribution in [0.1, 0.15) is 23.6 Å². The number of carbonyl (C=O) groups is 1. The molecule has 0 radical (unpaired) electrons. The first-order chi connectivity index (χ1) is 15.3. The van der Waals surface area contributed by atoms with Gasteiger partial charge >= 0.3 is 6.18 Å². The lowest BCUT2D eigenvalue weighted by Crippen LogP contribution is -2.21. The SMILES string of the molecule is CC(=O)Cc1cc(C(F)(F)F)cc2c(=O)n3c(c(-c4ccccc4)c12)-c1ccccc1C3. The van der Waals surface area contributed by atoms with E-state index >= 15 is 0 Å². The molecule has 0 atom stereocenters. The number of nitrogens with zero attached hydrogens (tertiary/aromatic N) is 1. The number of hydrogen-bond acceptors (Lipinski definition) is 2. The minimum Gasteiger partial charge on any atom is -0.303 e. The van der Waals surface area contributed by atoms with E-state index in [4.69, 9.17) is 0 Å². The molecule has 5 rings (SSSR count). The maximum absolute atomic E-state index is 13.7. The quantitative estimate of drug-likeness (QED) is 0.358. The monoisotopic (exact) mass is 433 g/mol. The molecule has 1 aromatic heterocycles. The molecule has 2 heterocycles. The molecule has 32 heavy (non-hydrogen) atoms. The third-order valence-electron chi connectivity index (χ3n) is 5.88. The van der Waals surface area contributed by atoms with Crippen molar-refractivity contribution in [3.63, 3.8) is 0 Å². The summed E-state index contributed by atoms with van der Waals surface area (Å²) in [5.41, 5.74) is 2.74. The Labute approximate surface area is 181 Å². The second kappa shape index (κ2) is 7.19. The molecule has 160 valence electrons. The summed E-state index contributed by atoms with van der Waals surface area (Å²) in [4.78, 5) is 25.5. The van der Waals surface area contributed by atoms with Crippen LogP contribution in [0.2, 0.25) is 0 Å². The normalized spacial score (nSPS) is 12.6. The molecule has 3 aromatic carbocycles. The maximum Gasteiger partial charge on any atom is 0.416 e. The number of Topliss-reactive ketones (excluding diaryl/α,β-unsaturated/α-hetero) is 1. The van der Waals surface area contributed by atoms with Crippen LogP contribution in [0.25, 0.3) is 33.2 Å². The van der Waals surface area contributed by atoms with Crippen LogP contribution in [-0.4, -0.2) is 10.4 Å². The Hall–Kier alpha value is -3.67. The van der Waals surface area contributed by atoms with E-state index in [0.717, 1.165) is 28.8 Å². The summed E-state index contributed by atoms with van der Waals surface area (Å²) in [6.45, 7) is 1.63. The van der Waals surface area contributed by atoms with Gasteiger partial charge in [-0.25, -0.2) is 0 Å². The van der Waals surface area contributed by atoms with Crippen LogP contribution >= 0.6 is 0 Å². The lowest BCUT2D eigenvalue weighted by Gasteiger charge is -2.19. The van der Waals surface area contributed by atoms with Crippen LogP contribution in [0.4, 0.5) is 13.2 Å². The van der Waals surface area contributed by atoms with Gasteiger partial charge in [0.1, 0.15) is 5.78 Å². The standard InChI is InChI=1S/C26H18F3NO2/c1-15(31)11-18-12-19(26(27,28)29)13-21-22(18)23(16-7-3-2-4-8-16)24-20-10-6-5-9-17(20)14-30(24)25(21)32/h2-10,12-13H,11,14H2,1H3. The molecule has 0 fully saturated rings. The van der Waals surface area contributed by atoms with E-state index in [1.807, 2.05) is 54.6 Å². The van der Waals surface area contributed by atoms with Gasteiger partial charge in [-0.15, -0.1) is 0 Å². The fourth-order valence-electron chi connectivity index (χ4n) is 4.61. The molecule has 0 spiro atoms. The molecular formula is C26H18F3NO2. The first-order valence-corrected chi connectivity index (χ1v) is 10.2. The molecule has 0 aliphatic carbocycles. The smallest absolute Gasteiger partial charge is 0.303 e. The molecule has 0 amide bonds. The third kappa shape index (κ3) is 3.14. The van der Waals surface area contributed by atoms with E-state index in [1.54, 1.807) is 4.57 Å². The molecule has 4 aromatic rings. The number of fused-ring (bicyclic) bond motifs is 4. The molecular weight excluding hydrogens is 415 g/mol. The Bertz CT molecular complexity index is 1450. The van der Waals surface area contributed by atoms with E-state index in [0.29, 0.717) is 23.2 Å². The number of pyridine rings is 1. The summed E-state index contributed by atoms with van der Waals surface area (Å²) >= 11 is 0. The van der Waals surface area contributed by atoms with Crippen molar-refractivity contribution in [1.29, 1.82) is 0 Å². The van der Waals surface area contributed by atoms with Crippen molar-refractivity contribution < 1.29 is 18.0 Å². The Morgan fingerprint density at radius 1 is 1.00 bits per heavy atom. The van der Waals surface area contributed by atoms with Crippen LogP contribution in [0.15, 0.2) is 71.5 Å². The second-order valence-electron chi connectivity index (χ2n) is 8.07. The summed E-state index contributed by atoms with van der Waals surface area (Å²) in [6, 6.07) is 18.8. The van der Waals surface area contributed by atoms with Gasteiger partial charge in [-0.05, 0) is 35.7 Å². The largest absolute Gasteiger partial charge is 0.416 e. The van der Waals surface area contributed by atoms with E-state index in [-0.39, 0.29) is 23.2 Å². The zero-order valence-electron chi connectivity index (χ0n) is 17.2. The maximum atomic E-state index is 13.7. The summed E-state index contributed by atoms with van der Waals surface area (Å²) < 4.78 is 42.6. The van der Waals surface area contributed by atoms with Crippen molar-refractivity contribution in [3.05, 3.63) is 93.8 Å². The van der Waals surface area contributed by atoms with Crippen LogP contribution in [0, 0.1) is 0 Å². The zero-order valence-corrected chi connectivity index (χ0v) is 17.2. The van der Waals surface area contributed by atoms with Crippen molar-refractivity contribution in [2.45, 2.75) is 26.1 Å². The first-order valence-electron chi connectivity index (χ1n) is 10.2. The number of alkyl halides is 3. The van der Waals surface area contributed by atoms with E-state index < -0.39 is 17.3 Å². The molecule has 1 aliphatic heterocycles. The summed E-state index contributed by atoms with van der Waals surface area (Å²) in [7, 11) is 0. The number of aromatic nitrogens is 1. The molecule has 3 nitrogen and oxygen atoms in total. The molecule has 1 aliphatic rings. The summed E-state index contributed by atoms with van der Waals surface area (Å²) in [5, 5.41) is 0.388. The van der Waals surface area contributed by atoms with Gasteiger partial charge in [0, 0.05) is 28.3 Å². The Balaban J connectivity index is 2.01. The van der Waals surface area contributed by atoms with E-state index in [2.05, 4.69) is 0 Å². The molecule has 6 heteroatoms. The Morgan fingerprint density at radius 2 is 1.69 bits per heavy atom. The van der Waals surface area contributed by atoms with Crippen LogP contribution < -0.4 is 5.56 Å². The minimum absolute atomic E-state index is 0.0218. The number of halogens is 3. The highest BCUT2D eigenvalue weighted by Crippen LogP contribution is 2.44. The highest BCUT2D eigenvalue weighted by Gasteiger charge is 2.34.